The molecule has 1 unspecified atom stereocenters. The summed E-state index contributed by atoms with van der Waals surface area (Å²) >= 11 is 0. The van der Waals surface area contributed by atoms with Crippen LogP contribution in [0.25, 0.3) is 0 Å². The summed E-state index contributed by atoms with van der Waals surface area (Å²) in [5.74, 6) is 0. The molecule has 4 heterocycles. The molecule has 240 valence electrons. The summed E-state index contributed by atoms with van der Waals surface area (Å²) in [6.07, 6.45) is 2.98. The Morgan fingerprint density at radius 2 is 1.38 bits per heavy atom. The highest BCUT2D eigenvalue weighted by molar-refractivity contribution is 5.17. The Hall–Kier alpha value is -2.62. The van der Waals surface area contributed by atoms with Crippen molar-refractivity contribution in [2.75, 3.05) is 13.2 Å². The average Bonchev–Trinajstić information content (AvgIpc) is 3.20. The minimum atomic E-state index is -0.537. The third-order valence-electron chi connectivity index (χ3n) is 10.1. The Labute approximate surface area is 267 Å². The molecule has 3 aromatic carbocycles. The van der Waals surface area contributed by atoms with E-state index < -0.39 is 11.2 Å². The lowest BCUT2D eigenvalue weighted by Gasteiger charge is -2.53. The molecule has 0 saturated carbocycles. The topological polar surface area (TPSA) is 64.6 Å². The summed E-state index contributed by atoms with van der Waals surface area (Å²) in [5.41, 5.74) is 2.33. The highest BCUT2D eigenvalue weighted by atomic mass is 16.7. The van der Waals surface area contributed by atoms with Gasteiger partial charge in [0.15, 0.2) is 6.29 Å². The first kappa shape index (κ1) is 31.0. The van der Waals surface area contributed by atoms with Gasteiger partial charge < -0.3 is 33.2 Å². The summed E-state index contributed by atoms with van der Waals surface area (Å²) in [6, 6.07) is 30.8. The quantitative estimate of drug-likeness (QED) is 0.242. The minimum absolute atomic E-state index is 0.0260. The van der Waals surface area contributed by atoms with Gasteiger partial charge in [-0.1, -0.05) is 91.0 Å². The predicted molar refractivity (Wildman–Crippen MR) is 169 cm³/mol. The highest BCUT2D eigenvalue weighted by Gasteiger charge is 2.56. The van der Waals surface area contributed by atoms with Gasteiger partial charge in [-0.05, 0) is 37.8 Å². The third kappa shape index (κ3) is 7.05. The van der Waals surface area contributed by atoms with Crippen LogP contribution in [0, 0.1) is 0 Å². The fourth-order valence-corrected chi connectivity index (χ4v) is 7.46. The zero-order chi connectivity index (χ0) is 30.7. The first-order chi connectivity index (χ1) is 22.0. The number of hydrogen-bond donors (Lipinski definition) is 0. The standard InChI is InChI=1S/C38H46O7/c1-37-19-18-30-31(22-32-33(42-30)26-41-36(44-32)29-16-10-5-11-17-29)43-35(37)23-34(40-25-28-14-8-4-9-15-28)38(2,45-37)20-21-39-24-27-12-6-3-7-13-27/h3-17,30-36H,18-26H2,1-2H3/t30-,31+,32-,33+,34+,35-,36?,37+,38-/m0/s1. The second kappa shape index (κ2) is 13.6. The van der Waals surface area contributed by atoms with Gasteiger partial charge in [0.1, 0.15) is 6.10 Å². The van der Waals surface area contributed by atoms with Crippen LogP contribution in [0.3, 0.4) is 0 Å². The molecule has 4 aliphatic rings. The van der Waals surface area contributed by atoms with E-state index in [2.05, 4.69) is 50.2 Å². The second-order valence-corrected chi connectivity index (χ2v) is 13.4. The summed E-state index contributed by atoms with van der Waals surface area (Å²) in [7, 11) is 0. The van der Waals surface area contributed by atoms with Crippen molar-refractivity contribution in [2.45, 2.75) is 113 Å². The van der Waals surface area contributed by atoms with Gasteiger partial charge in [0.05, 0.1) is 61.5 Å². The van der Waals surface area contributed by atoms with Crippen molar-refractivity contribution in [3.05, 3.63) is 108 Å². The number of benzene rings is 3. The molecule has 0 radical (unpaired) electrons. The maximum absolute atomic E-state index is 7.16. The number of hydrogen-bond acceptors (Lipinski definition) is 7. The monoisotopic (exact) mass is 614 g/mol. The Morgan fingerprint density at radius 3 is 2.11 bits per heavy atom. The minimum Gasteiger partial charge on any atom is -0.377 e. The Kier molecular flexibility index (Phi) is 9.38. The molecular weight excluding hydrogens is 568 g/mol. The largest absolute Gasteiger partial charge is 0.377 e. The molecule has 0 amide bonds. The van der Waals surface area contributed by atoms with Gasteiger partial charge >= 0.3 is 0 Å². The molecule has 3 aromatic rings. The van der Waals surface area contributed by atoms with Crippen molar-refractivity contribution in [1.82, 2.24) is 0 Å². The van der Waals surface area contributed by atoms with Crippen molar-refractivity contribution < 1.29 is 33.2 Å². The zero-order valence-corrected chi connectivity index (χ0v) is 26.4. The molecule has 0 aromatic heterocycles. The maximum Gasteiger partial charge on any atom is 0.184 e. The van der Waals surface area contributed by atoms with Crippen LogP contribution in [-0.4, -0.2) is 61.0 Å². The van der Waals surface area contributed by atoms with Gasteiger partial charge in [0, 0.05) is 31.4 Å². The van der Waals surface area contributed by atoms with E-state index in [4.69, 9.17) is 33.2 Å². The first-order valence-corrected chi connectivity index (χ1v) is 16.6. The van der Waals surface area contributed by atoms with Gasteiger partial charge in [-0.15, -0.1) is 0 Å². The van der Waals surface area contributed by atoms with Crippen molar-refractivity contribution in [1.29, 1.82) is 0 Å². The van der Waals surface area contributed by atoms with E-state index in [0.717, 1.165) is 43.2 Å². The molecule has 4 aliphatic heterocycles. The van der Waals surface area contributed by atoms with Gasteiger partial charge in [0.2, 0.25) is 0 Å². The molecule has 0 N–H and O–H groups in total. The fourth-order valence-electron chi connectivity index (χ4n) is 7.46. The van der Waals surface area contributed by atoms with E-state index in [9.17, 15) is 0 Å². The van der Waals surface area contributed by atoms with Crippen LogP contribution in [0.4, 0.5) is 0 Å². The van der Waals surface area contributed by atoms with E-state index in [-0.39, 0.29) is 42.9 Å². The molecule has 45 heavy (non-hydrogen) atoms. The lowest BCUT2D eigenvalue weighted by Crippen LogP contribution is -2.62. The lowest BCUT2D eigenvalue weighted by atomic mass is 9.79. The molecule has 0 spiro atoms. The number of ether oxygens (including phenoxy) is 7. The molecule has 4 saturated heterocycles. The molecule has 9 atom stereocenters. The summed E-state index contributed by atoms with van der Waals surface area (Å²) < 4.78 is 46.2. The van der Waals surface area contributed by atoms with Crippen LogP contribution in [0.1, 0.15) is 68.9 Å². The predicted octanol–water partition coefficient (Wildman–Crippen LogP) is 6.94. The van der Waals surface area contributed by atoms with E-state index in [1.54, 1.807) is 0 Å². The summed E-state index contributed by atoms with van der Waals surface area (Å²) in [4.78, 5) is 0. The first-order valence-electron chi connectivity index (χ1n) is 16.6. The van der Waals surface area contributed by atoms with Gasteiger partial charge in [-0.3, -0.25) is 0 Å². The number of fused-ring (bicyclic) bond motifs is 3. The van der Waals surface area contributed by atoms with Gasteiger partial charge in [0.25, 0.3) is 0 Å². The average molecular weight is 615 g/mol. The maximum atomic E-state index is 7.16. The fraction of sp³-hybridized carbons (Fsp3) is 0.526. The molecule has 7 rings (SSSR count). The van der Waals surface area contributed by atoms with Crippen molar-refractivity contribution >= 4 is 0 Å². The van der Waals surface area contributed by atoms with Crippen LogP contribution < -0.4 is 0 Å². The van der Waals surface area contributed by atoms with Crippen LogP contribution in [0.15, 0.2) is 91.0 Å². The summed E-state index contributed by atoms with van der Waals surface area (Å²) in [5, 5.41) is 0. The summed E-state index contributed by atoms with van der Waals surface area (Å²) in [6.45, 7) is 6.59. The van der Waals surface area contributed by atoms with Gasteiger partial charge in [-0.2, -0.15) is 0 Å². The van der Waals surface area contributed by atoms with Gasteiger partial charge in [-0.25, -0.2) is 0 Å². The lowest BCUT2D eigenvalue weighted by molar-refractivity contribution is -0.317. The van der Waals surface area contributed by atoms with Crippen LogP contribution in [0.5, 0.6) is 0 Å². The highest BCUT2D eigenvalue weighted by Crippen LogP contribution is 2.48. The van der Waals surface area contributed by atoms with E-state index >= 15 is 0 Å². The van der Waals surface area contributed by atoms with Crippen LogP contribution >= 0.6 is 0 Å². The second-order valence-electron chi connectivity index (χ2n) is 13.4. The third-order valence-corrected chi connectivity index (χ3v) is 10.1. The molecule has 7 nitrogen and oxygen atoms in total. The SMILES string of the molecule is C[C@@]12CC[C@@H]3O[C@@H]4COC(c5ccccc5)O[C@H]4C[C@H]3O[C@H]1C[C@@H](OCc1ccccc1)[C@](C)(CCOCc1ccccc1)O2. The Balaban J connectivity index is 1.05. The van der Waals surface area contributed by atoms with Crippen molar-refractivity contribution in [3.8, 4) is 0 Å². The molecule has 7 heteroatoms. The molecule has 0 aliphatic carbocycles. The normalized spacial score (nSPS) is 36.3. The van der Waals surface area contributed by atoms with E-state index in [1.165, 1.54) is 5.56 Å². The smallest absolute Gasteiger partial charge is 0.184 e. The molecular formula is C38H46O7. The van der Waals surface area contributed by atoms with Crippen LogP contribution in [0.2, 0.25) is 0 Å². The molecule has 4 fully saturated rings. The zero-order valence-electron chi connectivity index (χ0n) is 26.4. The van der Waals surface area contributed by atoms with Crippen LogP contribution in [-0.2, 0) is 46.4 Å². The number of rotatable bonds is 9. The Bertz CT molecular complexity index is 1360. The van der Waals surface area contributed by atoms with E-state index in [1.807, 2.05) is 54.6 Å². The molecule has 0 bridgehead atoms. The van der Waals surface area contributed by atoms with Crippen molar-refractivity contribution in [3.63, 3.8) is 0 Å². The van der Waals surface area contributed by atoms with E-state index in [0.29, 0.717) is 26.4 Å². The Morgan fingerprint density at radius 1 is 0.711 bits per heavy atom. The van der Waals surface area contributed by atoms with Crippen molar-refractivity contribution in [2.24, 2.45) is 0 Å².